The Bertz CT molecular complexity index is 238. The maximum Gasteiger partial charge on any atom is 0.211 e. The van der Waals surface area contributed by atoms with Gasteiger partial charge in [-0.05, 0) is 6.42 Å². The summed E-state index contributed by atoms with van der Waals surface area (Å²) in [4.78, 5) is 0. The Hall–Kier alpha value is -0.130. The van der Waals surface area contributed by atoms with Crippen molar-refractivity contribution in [1.82, 2.24) is 9.62 Å². The average molecular weight is 192 g/mol. The molecular formula is C7H16N2O2S. The highest BCUT2D eigenvalue weighted by Crippen LogP contribution is 2.10. The van der Waals surface area contributed by atoms with Gasteiger partial charge in [-0.3, -0.25) is 0 Å². The molecule has 5 heteroatoms. The van der Waals surface area contributed by atoms with Crippen LogP contribution in [0, 0.1) is 0 Å². The quantitative estimate of drug-likeness (QED) is 0.649. The van der Waals surface area contributed by atoms with Gasteiger partial charge in [0, 0.05) is 25.7 Å². The lowest BCUT2D eigenvalue weighted by Crippen LogP contribution is -2.52. The molecule has 0 aromatic carbocycles. The minimum Gasteiger partial charge on any atom is -0.314 e. The van der Waals surface area contributed by atoms with E-state index in [1.807, 2.05) is 6.92 Å². The van der Waals surface area contributed by atoms with Gasteiger partial charge >= 0.3 is 0 Å². The highest BCUT2D eigenvalue weighted by Gasteiger charge is 2.27. The van der Waals surface area contributed by atoms with Crippen molar-refractivity contribution in [3.63, 3.8) is 0 Å². The maximum atomic E-state index is 11.3. The van der Waals surface area contributed by atoms with Crippen molar-refractivity contribution in [2.45, 2.75) is 19.4 Å². The third kappa shape index (κ3) is 2.18. The van der Waals surface area contributed by atoms with E-state index in [4.69, 9.17) is 0 Å². The van der Waals surface area contributed by atoms with Gasteiger partial charge in [0.05, 0.1) is 6.26 Å². The Morgan fingerprint density at radius 3 is 2.67 bits per heavy atom. The molecule has 0 spiro atoms. The fourth-order valence-corrected chi connectivity index (χ4v) is 2.72. The standard InChI is InChI=1S/C7H16N2O2S/c1-3-7-6-8-4-5-9(7)12(2,10)11/h7-8H,3-6H2,1-2H3/t7-/m0/s1. The van der Waals surface area contributed by atoms with Crippen LogP contribution in [0.25, 0.3) is 0 Å². The van der Waals surface area contributed by atoms with E-state index in [0.717, 1.165) is 19.5 Å². The van der Waals surface area contributed by atoms with Crippen LogP contribution in [0.2, 0.25) is 0 Å². The van der Waals surface area contributed by atoms with Gasteiger partial charge in [0.15, 0.2) is 0 Å². The fraction of sp³-hybridized carbons (Fsp3) is 1.00. The molecule has 1 N–H and O–H groups in total. The lowest BCUT2D eigenvalue weighted by atomic mass is 10.2. The number of nitrogens with one attached hydrogen (secondary N) is 1. The van der Waals surface area contributed by atoms with Crippen LogP contribution in [0.5, 0.6) is 0 Å². The first-order valence-electron chi connectivity index (χ1n) is 4.23. The summed E-state index contributed by atoms with van der Waals surface area (Å²) in [7, 11) is -2.99. The van der Waals surface area contributed by atoms with Crippen molar-refractivity contribution in [2.75, 3.05) is 25.9 Å². The van der Waals surface area contributed by atoms with Crippen LogP contribution in [-0.4, -0.2) is 44.7 Å². The predicted molar refractivity (Wildman–Crippen MR) is 48.5 cm³/mol. The van der Waals surface area contributed by atoms with Crippen molar-refractivity contribution in [1.29, 1.82) is 0 Å². The zero-order valence-corrected chi connectivity index (χ0v) is 8.39. The molecule has 12 heavy (non-hydrogen) atoms. The Morgan fingerprint density at radius 1 is 1.58 bits per heavy atom. The number of nitrogens with zero attached hydrogens (tertiary/aromatic N) is 1. The largest absolute Gasteiger partial charge is 0.314 e. The van der Waals surface area contributed by atoms with Gasteiger partial charge in [-0.15, -0.1) is 0 Å². The Kier molecular flexibility index (Phi) is 3.09. The van der Waals surface area contributed by atoms with E-state index in [0.29, 0.717) is 6.54 Å². The van der Waals surface area contributed by atoms with Crippen molar-refractivity contribution in [3.05, 3.63) is 0 Å². The summed E-state index contributed by atoms with van der Waals surface area (Å²) in [6.07, 6.45) is 2.15. The van der Waals surface area contributed by atoms with Gasteiger partial charge in [0.25, 0.3) is 0 Å². The molecule has 0 aromatic heterocycles. The van der Waals surface area contributed by atoms with Crippen LogP contribution in [0.15, 0.2) is 0 Å². The van der Waals surface area contributed by atoms with Gasteiger partial charge in [0.1, 0.15) is 0 Å². The van der Waals surface area contributed by atoms with E-state index in [-0.39, 0.29) is 6.04 Å². The average Bonchev–Trinajstić information content (AvgIpc) is 2.03. The van der Waals surface area contributed by atoms with Crippen molar-refractivity contribution in [2.24, 2.45) is 0 Å². The second kappa shape index (κ2) is 3.72. The molecule has 1 fully saturated rings. The van der Waals surface area contributed by atoms with Crippen molar-refractivity contribution < 1.29 is 8.42 Å². The zero-order valence-electron chi connectivity index (χ0n) is 7.58. The van der Waals surface area contributed by atoms with Crippen molar-refractivity contribution >= 4 is 10.0 Å². The molecule has 0 aliphatic carbocycles. The predicted octanol–water partition coefficient (Wildman–Crippen LogP) is -0.370. The van der Waals surface area contributed by atoms with E-state index in [2.05, 4.69) is 5.32 Å². The Balaban J connectivity index is 2.72. The summed E-state index contributed by atoms with van der Waals surface area (Å²) >= 11 is 0. The summed E-state index contributed by atoms with van der Waals surface area (Å²) in [5.41, 5.74) is 0. The van der Waals surface area contributed by atoms with Crippen LogP contribution in [0.4, 0.5) is 0 Å². The normalized spacial score (nSPS) is 27.3. The third-order valence-electron chi connectivity index (χ3n) is 2.19. The first-order chi connectivity index (χ1) is 5.55. The van der Waals surface area contributed by atoms with E-state index in [1.165, 1.54) is 6.26 Å². The number of piperazine rings is 1. The van der Waals surface area contributed by atoms with Gasteiger partial charge in [-0.1, -0.05) is 6.92 Å². The molecule has 0 aromatic rings. The zero-order chi connectivity index (χ0) is 9.19. The summed E-state index contributed by atoms with van der Waals surface area (Å²) in [5.74, 6) is 0. The molecule has 0 amide bonds. The molecule has 0 saturated carbocycles. The summed E-state index contributed by atoms with van der Waals surface area (Å²) in [6, 6.07) is 0.147. The van der Waals surface area contributed by atoms with Gasteiger partial charge in [-0.2, -0.15) is 4.31 Å². The molecule has 0 unspecified atom stereocenters. The third-order valence-corrected chi connectivity index (χ3v) is 3.53. The molecule has 1 heterocycles. The molecule has 1 rings (SSSR count). The minimum atomic E-state index is -2.99. The lowest BCUT2D eigenvalue weighted by molar-refractivity contribution is 0.263. The molecule has 1 aliphatic rings. The van der Waals surface area contributed by atoms with Crippen LogP contribution in [-0.2, 0) is 10.0 Å². The van der Waals surface area contributed by atoms with Gasteiger partial charge in [0.2, 0.25) is 10.0 Å². The fourth-order valence-electron chi connectivity index (χ4n) is 1.53. The van der Waals surface area contributed by atoms with Crippen LogP contribution in [0.1, 0.15) is 13.3 Å². The minimum absolute atomic E-state index is 0.147. The van der Waals surface area contributed by atoms with Crippen LogP contribution < -0.4 is 5.32 Å². The maximum absolute atomic E-state index is 11.3. The van der Waals surface area contributed by atoms with Gasteiger partial charge < -0.3 is 5.32 Å². The highest BCUT2D eigenvalue weighted by atomic mass is 32.2. The molecule has 1 saturated heterocycles. The number of hydrogen-bond acceptors (Lipinski definition) is 3. The summed E-state index contributed by atoms with van der Waals surface area (Å²) in [5, 5.41) is 3.18. The topological polar surface area (TPSA) is 49.4 Å². The molecule has 0 radical (unpaired) electrons. The van der Waals surface area contributed by atoms with E-state index in [9.17, 15) is 8.42 Å². The molecule has 1 aliphatic heterocycles. The molecular weight excluding hydrogens is 176 g/mol. The molecule has 72 valence electrons. The molecule has 4 nitrogen and oxygen atoms in total. The van der Waals surface area contributed by atoms with Gasteiger partial charge in [-0.25, -0.2) is 8.42 Å². The number of rotatable bonds is 2. The number of sulfonamides is 1. The van der Waals surface area contributed by atoms with E-state index in [1.54, 1.807) is 4.31 Å². The first-order valence-corrected chi connectivity index (χ1v) is 6.08. The van der Waals surface area contributed by atoms with E-state index < -0.39 is 10.0 Å². The first kappa shape index (κ1) is 9.95. The second-order valence-electron chi connectivity index (χ2n) is 3.14. The smallest absolute Gasteiger partial charge is 0.211 e. The van der Waals surface area contributed by atoms with Crippen molar-refractivity contribution in [3.8, 4) is 0 Å². The molecule has 1 atom stereocenters. The second-order valence-corrected chi connectivity index (χ2v) is 5.07. The van der Waals surface area contributed by atoms with Crippen LogP contribution in [0.3, 0.4) is 0 Å². The summed E-state index contributed by atoms with van der Waals surface area (Å²) in [6.45, 7) is 4.17. The highest BCUT2D eigenvalue weighted by molar-refractivity contribution is 7.88. The molecule has 0 bridgehead atoms. The Labute approximate surface area is 74.0 Å². The summed E-state index contributed by atoms with van der Waals surface area (Å²) < 4.78 is 24.1. The van der Waals surface area contributed by atoms with E-state index >= 15 is 0 Å². The Morgan fingerprint density at radius 2 is 2.25 bits per heavy atom. The monoisotopic (exact) mass is 192 g/mol. The van der Waals surface area contributed by atoms with Crippen LogP contribution >= 0.6 is 0 Å². The SMILES string of the molecule is CC[C@H]1CNCCN1S(C)(=O)=O. The lowest BCUT2D eigenvalue weighted by Gasteiger charge is -2.33. The number of hydrogen-bond donors (Lipinski definition) is 1.